The van der Waals surface area contributed by atoms with Gasteiger partial charge in [-0.05, 0) is 33.6 Å². The first-order valence-electron chi connectivity index (χ1n) is 5.17. The summed E-state index contributed by atoms with van der Waals surface area (Å²) in [5.41, 5.74) is -0.0416. The lowest BCUT2D eigenvalue weighted by molar-refractivity contribution is -0.149. The highest BCUT2D eigenvalue weighted by atomic mass is 16.5. The maximum atomic E-state index is 11.3. The quantitative estimate of drug-likeness (QED) is 0.707. The molecule has 0 aliphatic rings. The number of carbonyl (C=O) groups excluding carboxylic acids is 1. The van der Waals surface area contributed by atoms with E-state index >= 15 is 0 Å². The minimum Gasteiger partial charge on any atom is -0.461 e. The summed E-state index contributed by atoms with van der Waals surface area (Å²) in [5, 5.41) is 3.09. The molecule has 14 heavy (non-hydrogen) atoms. The molecule has 0 rings (SSSR count). The normalized spacial score (nSPS) is 14.2. The van der Waals surface area contributed by atoms with Crippen LogP contribution in [-0.4, -0.2) is 24.2 Å². The molecule has 0 aromatic carbocycles. The van der Waals surface area contributed by atoms with Crippen LogP contribution in [0.2, 0.25) is 0 Å². The third-order valence-electron chi connectivity index (χ3n) is 2.02. The summed E-state index contributed by atoms with van der Waals surface area (Å²) in [5.74, 6) is 0.190. The molecule has 0 aromatic heterocycles. The number of carbonyl (C=O) groups is 1. The van der Waals surface area contributed by atoms with Crippen molar-refractivity contribution in [2.24, 2.45) is 5.92 Å². The van der Waals surface area contributed by atoms with Gasteiger partial charge in [-0.15, -0.1) is 0 Å². The van der Waals surface area contributed by atoms with Crippen molar-refractivity contribution in [1.29, 1.82) is 0 Å². The molecule has 0 amide bonds. The molecule has 0 aromatic rings. The van der Waals surface area contributed by atoms with Crippen LogP contribution < -0.4 is 5.32 Å². The van der Waals surface area contributed by atoms with Crippen LogP contribution in [-0.2, 0) is 9.53 Å². The molecular weight excluding hydrogens is 178 g/mol. The fraction of sp³-hybridized carbons (Fsp3) is 0.909. The van der Waals surface area contributed by atoms with Crippen molar-refractivity contribution >= 4 is 5.97 Å². The molecule has 3 heteroatoms. The van der Waals surface area contributed by atoms with E-state index in [1.807, 2.05) is 41.5 Å². The first-order chi connectivity index (χ1) is 6.22. The summed E-state index contributed by atoms with van der Waals surface area (Å²) in [4.78, 5) is 11.3. The summed E-state index contributed by atoms with van der Waals surface area (Å²) in [6.45, 7) is 12.3. The molecule has 0 spiro atoms. The van der Waals surface area contributed by atoms with E-state index in [0.717, 1.165) is 0 Å². The summed E-state index contributed by atoms with van der Waals surface area (Å²) >= 11 is 0. The van der Waals surface area contributed by atoms with Crippen molar-refractivity contribution in [3.63, 3.8) is 0 Å². The zero-order valence-electron chi connectivity index (χ0n) is 10.2. The van der Waals surface area contributed by atoms with E-state index in [9.17, 15) is 4.79 Å². The van der Waals surface area contributed by atoms with E-state index in [2.05, 4.69) is 5.32 Å². The molecule has 0 heterocycles. The Bertz CT molecular complexity index is 182. The van der Waals surface area contributed by atoms with Crippen LogP contribution >= 0.6 is 0 Å². The Kier molecular flexibility index (Phi) is 5.13. The van der Waals surface area contributed by atoms with Crippen LogP contribution in [0.5, 0.6) is 0 Å². The summed E-state index contributed by atoms with van der Waals surface area (Å²) in [7, 11) is 0. The highest BCUT2D eigenvalue weighted by Gasteiger charge is 2.15. The monoisotopic (exact) mass is 201 g/mol. The average molecular weight is 201 g/mol. The minimum absolute atomic E-state index is 0.00994. The van der Waals surface area contributed by atoms with Gasteiger partial charge in [0.05, 0.1) is 6.54 Å². The molecule has 0 fully saturated rings. The van der Waals surface area contributed by atoms with Crippen molar-refractivity contribution < 1.29 is 9.53 Å². The first kappa shape index (κ1) is 13.4. The van der Waals surface area contributed by atoms with Gasteiger partial charge < -0.3 is 10.1 Å². The summed E-state index contributed by atoms with van der Waals surface area (Å²) in [6, 6.07) is 0. The number of hydrogen-bond acceptors (Lipinski definition) is 3. The predicted octanol–water partition coefficient (Wildman–Crippen LogP) is 1.96. The van der Waals surface area contributed by atoms with Gasteiger partial charge >= 0.3 is 5.97 Å². The van der Waals surface area contributed by atoms with Crippen LogP contribution in [0.1, 0.15) is 41.5 Å². The zero-order valence-corrected chi connectivity index (χ0v) is 10.2. The maximum Gasteiger partial charge on any atom is 0.320 e. The second-order valence-corrected chi connectivity index (χ2v) is 5.04. The number of rotatable bonds is 4. The lowest BCUT2D eigenvalue weighted by atomic mass is 10.1. The molecule has 1 N–H and O–H groups in total. The highest BCUT2D eigenvalue weighted by molar-refractivity contribution is 5.71. The van der Waals surface area contributed by atoms with Gasteiger partial charge in [0.1, 0.15) is 6.10 Å². The largest absolute Gasteiger partial charge is 0.461 e. The van der Waals surface area contributed by atoms with Crippen molar-refractivity contribution in [1.82, 2.24) is 5.32 Å². The molecule has 0 saturated heterocycles. The molecule has 1 unspecified atom stereocenters. The number of nitrogens with one attached hydrogen (secondary N) is 1. The topological polar surface area (TPSA) is 38.3 Å². The molecule has 0 aliphatic heterocycles. The summed E-state index contributed by atoms with van der Waals surface area (Å²) < 4.78 is 5.21. The van der Waals surface area contributed by atoms with Gasteiger partial charge in [0.2, 0.25) is 0 Å². The van der Waals surface area contributed by atoms with Crippen LogP contribution in [0.15, 0.2) is 0 Å². The fourth-order valence-electron chi connectivity index (χ4n) is 0.722. The first-order valence-corrected chi connectivity index (χ1v) is 5.17. The fourth-order valence-corrected chi connectivity index (χ4v) is 0.722. The van der Waals surface area contributed by atoms with Crippen LogP contribution in [0, 0.1) is 5.92 Å². The van der Waals surface area contributed by atoms with Crippen LogP contribution in [0.25, 0.3) is 0 Å². The molecular formula is C11H23NO2. The van der Waals surface area contributed by atoms with Crippen molar-refractivity contribution in [2.45, 2.75) is 53.2 Å². The molecule has 1 atom stereocenters. The Morgan fingerprint density at radius 2 is 1.79 bits per heavy atom. The Labute approximate surface area is 87.2 Å². The predicted molar refractivity (Wildman–Crippen MR) is 58.1 cm³/mol. The van der Waals surface area contributed by atoms with E-state index in [0.29, 0.717) is 5.92 Å². The minimum atomic E-state index is -0.180. The molecule has 0 bridgehead atoms. The lowest BCUT2D eigenvalue weighted by Gasteiger charge is -2.21. The Morgan fingerprint density at radius 3 is 2.14 bits per heavy atom. The van der Waals surface area contributed by atoms with Gasteiger partial charge in [-0.2, -0.15) is 0 Å². The molecule has 84 valence electrons. The number of hydrogen-bond donors (Lipinski definition) is 1. The highest BCUT2D eigenvalue weighted by Crippen LogP contribution is 2.05. The van der Waals surface area contributed by atoms with Gasteiger partial charge in [0, 0.05) is 5.54 Å². The average Bonchev–Trinajstić information content (AvgIpc) is 1.99. The molecule has 0 radical (unpaired) electrons. The van der Waals surface area contributed by atoms with E-state index in [1.54, 1.807) is 0 Å². The SMILES string of the molecule is CC(C)C(C)OC(=O)CNC(C)(C)C. The Morgan fingerprint density at radius 1 is 1.29 bits per heavy atom. The van der Waals surface area contributed by atoms with Crippen molar-refractivity contribution in [3.8, 4) is 0 Å². The van der Waals surface area contributed by atoms with Crippen molar-refractivity contribution in [3.05, 3.63) is 0 Å². The molecule has 0 saturated carbocycles. The van der Waals surface area contributed by atoms with Crippen molar-refractivity contribution in [2.75, 3.05) is 6.54 Å². The van der Waals surface area contributed by atoms with E-state index in [1.165, 1.54) is 0 Å². The van der Waals surface area contributed by atoms with Gasteiger partial charge in [-0.25, -0.2) is 0 Å². The summed E-state index contributed by atoms with van der Waals surface area (Å²) in [6.07, 6.45) is -0.00994. The second-order valence-electron chi connectivity index (χ2n) is 5.04. The van der Waals surface area contributed by atoms with Crippen LogP contribution in [0.3, 0.4) is 0 Å². The molecule has 0 aliphatic carbocycles. The van der Waals surface area contributed by atoms with Gasteiger partial charge in [0.15, 0.2) is 0 Å². The number of ether oxygens (including phenoxy) is 1. The van der Waals surface area contributed by atoms with Gasteiger partial charge in [0.25, 0.3) is 0 Å². The lowest BCUT2D eigenvalue weighted by Crippen LogP contribution is -2.40. The molecule has 3 nitrogen and oxygen atoms in total. The Hall–Kier alpha value is -0.570. The van der Waals surface area contributed by atoms with E-state index in [-0.39, 0.29) is 24.2 Å². The number of esters is 1. The third kappa shape index (κ3) is 6.89. The van der Waals surface area contributed by atoms with E-state index in [4.69, 9.17) is 4.74 Å². The van der Waals surface area contributed by atoms with Gasteiger partial charge in [-0.3, -0.25) is 4.79 Å². The standard InChI is InChI=1S/C11H23NO2/c1-8(2)9(3)14-10(13)7-12-11(4,5)6/h8-9,12H,7H2,1-6H3. The smallest absolute Gasteiger partial charge is 0.320 e. The third-order valence-corrected chi connectivity index (χ3v) is 2.02. The zero-order chi connectivity index (χ0) is 11.4. The van der Waals surface area contributed by atoms with Crippen LogP contribution in [0.4, 0.5) is 0 Å². The maximum absolute atomic E-state index is 11.3. The van der Waals surface area contributed by atoms with E-state index < -0.39 is 0 Å². The Balaban J connectivity index is 3.77. The van der Waals surface area contributed by atoms with Gasteiger partial charge in [-0.1, -0.05) is 13.8 Å². The second kappa shape index (κ2) is 5.35.